The second-order valence-electron chi connectivity index (χ2n) is 6.00. The Balaban J connectivity index is 3.87. The first kappa shape index (κ1) is 16.4. The fourth-order valence-electron chi connectivity index (χ4n) is 1.50. The lowest BCUT2D eigenvalue weighted by Crippen LogP contribution is -2.36. The second-order valence-corrected chi connectivity index (χ2v) is 6.85. The highest BCUT2D eigenvalue weighted by Crippen LogP contribution is 2.27. The molecule has 0 radical (unpaired) electrons. The molecule has 0 amide bonds. The van der Waals surface area contributed by atoms with Gasteiger partial charge in [0.25, 0.3) is 0 Å². The summed E-state index contributed by atoms with van der Waals surface area (Å²) in [5.74, 6) is 0. The standard InChI is InChI=1S/C11H24Cl2FN2/c1-11(2,15(12)13)9-10(14)7-6-8-16(3,4)5/h10H,6-9H2,1-5H3/q+1. The van der Waals surface area contributed by atoms with Crippen molar-refractivity contribution in [1.82, 2.24) is 3.94 Å². The Morgan fingerprint density at radius 3 is 2.12 bits per heavy atom. The molecule has 98 valence electrons. The van der Waals surface area contributed by atoms with E-state index < -0.39 is 11.7 Å². The minimum atomic E-state index is -0.846. The highest BCUT2D eigenvalue weighted by molar-refractivity contribution is 6.34. The zero-order valence-electron chi connectivity index (χ0n) is 10.9. The minimum Gasteiger partial charge on any atom is -0.331 e. The summed E-state index contributed by atoms with van der Waals surface area (Å²) in [4.78, 5) is 0. The summed E-state index contributed by atoms with van der Waals surface area (Å²) in [6.07, 6.45) is 0.963. The first-order valence-corrected chi connectivity index (χ1v) is 6.28. The molecule has 1 atom stereocenters. The SMILES string of the molecule is CC(C)(CC(F)CCC[N+](C)(C)C)N(Cl)Cl. The molecule has 0 aliphatic carbocycles. The van der Waals surface area contributed by atoms with E-state index in [0.29, 0.717) is 12.8 Å². The molecule has 1 unspecified atom stereocenters. The average molecular weight is 274 g/mol. The van der Waals surface area contributed by atoms with Crippen LogP contribution in [-0.2, 0) is 0 Å². The molecular formula is C11H24Cl2FN2+. The number of nitrogens with zero attached hydrogens (tertiary/aromatic N) is 2. The lowest BCUT2D eigenvalue weighted by atomic mass is 9.96. The zero-order chi connectivity index (χ0) is 13.0. The van der Waals surface area contributed by atoms with Gasteiger partial charge in [-0.05, 0) is 56.7 Å². The Hall–Kier alpha value is 0.430. The van der Waals surface area contributed by atoms with Crippen LogP contribution in [0.25, 0.3) is 0 Å². The van der Waals surface area contributed by atoms with Crippen molar-refractivity contribution in [1.29, 1.82) is 0 Å². The van der Waals surface area contributed by atoms with Gasteiger partial charge in [-0.15, -0.1) is 3.94 Å². The van der Waals surface area contributed by atoms with Crippen molar-refractivity contribution in [2.45, 2.75) is 44.8 Å². The molecule has 0 aliphatic rings. The van der Waals surface area contributed by atoms with Gasteiger partial charge in [0.05, 0.1) is 27.7 Å². The summed E-state index contributed by atoms with van der Waals surface area (Å²) >= 11 is 11.3. The van der Waals surface area contributed by atoms with E-state index in [1.54, 1.807) is 0 Å². The van der Waals surface area contributed by atoms with Crippen LogP contribution in [0.3, 0.4) is 0 Å². The molecule has 0 spiro atoms. The molecule has 5 heteroatoms. The summed E-state index contributed by atoms with van der Waals surface area (Å²) in [5.41, 5.74) is -0.515. The lowest BCUT2D eigenvalue weighted by Gasteiger charge is -2.29. The van der Waals surface area contributed by atoms with Crippen LogP contribution in [0.1, 0.15) is 33.1 Å². The van der Waals surface area contributed by atoms with E-state index in [9.17, 15) is 4.39 Å². The molecule has 0 aromatic heterocycles. The molecule has 0 aromatic rings. The Kier molecular flexibility index (Phi) is 6.56. The van der Waals surface area contributed by atoms with Crippen LogP contribution in [0.5, 0.6) is 0 Å². The van der Waals surface area contributed by atoms with Crippen molar-refractivity contribution in [3.63, 3.8) is 0 Å². The summed E-state index contributed by atoms with van der Waals surface area (Å²) in [6.45, 7) is 4.64. The van der Waals surface area contributed by atoms with Crippen molar-refractivity contribution in [2.24, 2.45) is 0 Å². The number of hydrogen-bond donors (Lipinski definition) is 0. The van der Waals surface area contributed by atoms with E-state index >= 15 is 0 Å². The molecule has 2 nitrogen and oxygen atoms in total. The van der Waals surface area contributed by atoms with Gasteiger partial charge in [-0.3, -0.25) is 0 Å². The fourth-order valence-corrected chi connectivity index (χ4v) is 1.64. The van der Waals surface area contributed by atoms with E-state index in [2.05, 4.69) is 21.1 Å². The smallest absolute Gasteiger partial charge is 0.102 e. The predicted octanol–water partition coefficient (Wildman–Crippen LogP) is 3.59. The summed E-state index contributed by atoms with van der Waals surface area (Å²) in [5, 5.41) is 0. The van der Waals surface area contributed by atoms with Crippen LogP contribution in [0.15, 0.2) is 0 Å². The Bertz CT molecular complexity index is 203. The Labute approximate surface area is 109 Å². The molecule has 0 saturated carbocycles. The maximum atomic E-state index is 13.7. The molecule has 0 fully saturated rings. The first-order valence-electron chi connectivity index (χ1n) is 5.61. The van der Waals surface area contributed by atoms with Gasteiger partial charge in [-0.2, -0.15) is 0 Å². The molecule has 0 bridgehead atoms. The van der Waals surface area contributed by atoms with Crippen molar-refractivity contribution < 1.29 is 8.87 Å². The first-order chi connectivity index (χ1) is 7.04. The third-order valence-corrected chi connectivity index (χ3v) is 3.44. The third kappa shape index (κ3) is 7.66. The Morgan fingerprint density at radius 1 is 1.25 bits per heavy atom. The quantitative estimate of drug-likeness (QED) is 0.506. The van der Waals surface area contributed by atoms with Gasteiger partial charge in [0.15, 0.2) is 0 Å². The molecular weight excluding hydrogens is 250 g/mol. The van der Waals surface area contributed by atoms with Crippen molar-refractivity contribution >= 4 is 23.6 Å². The monoisotopic (exact) mass is 273 g/mol. The highest BCUT2D eigenvalue weighted by atomic mass is 35.5. The van der Waals surface area contributed by atoms with E-state index in [-0.39, 0.29) is 0 Å². The van der Waals surface area contributed by atoms with Crippen LogP contribution in [0, 0.1) is 0 Å². The van der Waals surface area contributed by atoms with E-state index in [4.69, 9.17) is 23.6 Å². The van der Waals surface area contributed by atoms with E-state index in [1.807, 2.05) is 13.8 Å². The van der Waals surface area contributed by atoms with Crippen LogP contribution < -0.4 is 0 Å². The fraction of sp³-hybridized carbons (Fsp3) is 1.00. The van der Waals surface area contributed by atoms with Gasteiger partial charge < -0.3 is 4.48 Å². The number of halogens is 3. The largest absolute Gasteiger partial charge is 0.331 e. The molecule has 0 rings (SSSR count). The second kappa shape index (κ2) is 6.39. The number of quaternary nitrogens is 1. The van der Waals surface area contributed by atoms with E-state index in [1.165, 1.54) is 0 Å². The van der Waals surface area contributed by atoms with Crippen molar-refractivity contribution in [3.05, 3.63) is 0 Å². The average Bonchev–Trinajstić information content (AvgIpc) is 1.99. The van der Waals surface area contributed by atoms with Gasteiger partial charge in [-0.25, -0.2) is 4.39 Å². The van der Waals surface area contributed by atoms with Gasteiger partial charge in [0, 0.05) is 5.54 Å². The van der Waals surface area contributed by atoms with Crippen LogP contribution in [0.4, 0.5) is 4.39 Å². The molecule has 0 saturated heterocycles. The zero-order valence-corrected chi connectivity index (χ0v) is 12.4. The van der Waals surface area contributed by atoms with Crippen molar-refractivity contribution in [2.75, 3.05) is 27.7 Å². The van der Waals surface area contributed by atoms with Gasteiger partial charge >= 0.3 is 0 Å². The summed E-state index contributed by atoms with van der Waals surface area (Å²) in [7, 11) is 6.32. The predicted molar refractivity (Wildman–Crippen MR) is 69.3 cm³/mol. The molecule has 0 heterocycles. The highest BCUT2D eigenvalue weighted by Gasteiger charge is 2.28. The minimum absolute atomic E-state index is 0.358. The molecule has 0 aliphatic heterocycles. The molecule has 16 heavy (non-hydrogen) atoms. The summed E-state index contributed by atoms with van der Waals surface area (Å²) in [6, 6.07) is 0. The third-order valence-electron chi connectivity index (χ3n) is 2.52. The van der Waals surface area contributed by atoms with Gasteiger partial charge in [0.1, 0.15) is 6.17 Å². The number of rotatable bonds is 7. The van der Waals surface area contributed by atoms with Crippen molar-refractivity contribution in [3.8, 4) is 0 Å². The molecule has 0 aromatic carbocycles. The maximum Gasteiger partial charge on any atom is 0.102 e. The van der Waals surface area contributed by atoms with E-state index in [0.717, 1.165) is 21.4 Å². The number of hydrogen-bond acceptors (Lipinski definition) is 1. The van der Waals surface area contributed by atoms with Gasteiger partial charge in [0.2, 0.25) is 0 Å². The topological polar surface area (TPSA) is 3.24 Å². The van der Waals surface area contributed by atoms with Crippen LogP contribution in [0.2, 0.25) is 0 Å². The lowest BCUT2D eigenvalue weighted by molar-refractivity contribution is -0.870. The van der Waals surface area contributed by atoms with Gasteiger partial charge in [-0.1, -0.05) is 0 Å². The Morgan fingerprint density at radius 2 is 1.75 bits per heavy atom. The summed E-state index contributed by atoms with van der Waals surface area (Å²) < 4.78 is 15.6. The van der Waals surface area contributed by atoms with Crippen LogP contribution in [-0.4, -0.2) is 47.8 Å². The normalized spacial score (nSPS) is 15.6. The maximum absolute atomic E-state index is 13.7. The number of alkyl halides is 1. The van der Waals surface area contributed by atoms with Crippen LogP contribution >= 0.6 is 23.6 Å². The molecule has 0 N–H and O–H groups in total.